The molecule has 4 nitrogen and oxygen atoms in total. The maximum Gasteiger partial charge on any atom is 0.160 e. The summed E-state index contributed by atoms with van der Waals surface area (Å²) in [6.07, 6.45) is 0. The van der Waals surface area contributed by atoms with Crippen LogP contribution in [0, 0.1) is 0 Å². The van der Waals surface area contributed by atoms with Crippen LogP contribution in [0.3, 0.4) is 0 Å². The molecule has 0 N–H and O–H groups in total. The van der Waals surface area contributed by atoms with Gasteiger partial charge in [-0.25, -0.2) is 15.0 Å². The van der Waals surface area contributed by atoms with Gasteiger partial charge in [0.2, 0.25) is 0 Å². The summed E-state index contributed by atoms with van der Waals surface area (Å²) in [6, 6.07) is 69.3. The van der Waals surface area contributed by atoms with Crippen molar-refractivity contribution < 1.29 is 0 Å². The first-order chi connectivity index (χ1) is 29.5. The molecular formula is C56H38N4. The Bertz CT molecular complexity index is 3450. The summed E-state index contributed by atoms with van der Waals surface area (Å²) in [4.78, 5) is 15.7. The van der Waals surface area contributed by atoms with Gasteiger partial charge in [-0.05, 0) is 76.2 Å². The van der Waals surface area contributed by atoms with Gasteiger partial charge in [0.25, 0.3) is 0 Å². The molecule has 0 fully saturated rings. The van der Waals surface area contributed by atoms with Gasteiger partial charge in [0.05, 0.1) is 33.6 Å². The molecule has 3 heterocycles. The average molecular weight is 767 g/mol. The van der Waals surface area contributed by atoms with Crippen molar-refractivity contribution in [1.82, 2.24) is 19.5 Å². The van der Waals surface area contributed by atoms with Crippen molar-refractivity contribution >= 4 is 43.5 Å². The minimum absolute atomic E-state index is 0.151. The summed E-state index contributed by atoms with van der Waals surface area (Å²) < 4.78 is 2.43. The number of rotatable bonds is 5. The second kappa shape index (κ2) is 13.2. The number of aromatic nitrogens is 4. The number of benzene rings is 8. The van der Waals surface area contributed by atoms with E-state index in [2.05, 4.69) is 200 Å². The molecule has 0 saturated heterocycles. The number of para-hydroxylation sites is 1. The SMILES string of the molecule is CC1(C)c2ccccc2-c2cc3c4cc(-c5nc6ccccc6c6ccccc56)ccc4n(-c4cccc(-c5nc(-c6ccccc6)cc(-c6ccccc6)n5)c4)c3cc21. The van der Waals surface area contributed by atoms with E-state index in [1.807, 2.05) is 12.1 Å². The summed E-state index contributed by atoms with van der Waals surface area (Å²) in [5.74, 6) is 0.687. The summed E-state index contributed by atoms with van der Waals surface area (Å²) in [5, 5.41) is 5.92. The Morgan fingerprint density at radius 2 is 1.02 bits per heavy atom. The molecule has 0 spiro atoms. The van der Waals surface area contributed by atoms with Crippen LogP contribution >= 0.6 is 0 Å². The molecule has 282 valence electrons. The average Bonchev–Trinajstić information content (AvgIpc) is 3.75. The van der Waals surface area contributed by atoms with Gasteiger partial charge in [-0.2, -0.15) is 0 Å². The highest BCUT2D eigenvalue weighted by atomic mass is 15.0. The maximum atomic E-state index is 5.31. The third-order valence-electron chi connectivity index (χ3n) is 12.6. The number of pyridine rings is 1. The number of hydrogen-bond acceptors (Lipinski definition) is 3. The largest absolute Gasteiger partial charge is 0.309 e. The van der Waals surface area contributed by atoms with Crippen molar-refractivity contribution in [3.63, 3.8) is 0 Å². The molecule has 0 amide bonds. The molecule has 1 aliphatic carbocycles. The predicted octanol–water partition coefficient (Wildman–Crippen LogP) is 14.2. The van der Waals surface area contributed by atoms with Crippen LogP contribution in [0.2, 0.25) is 0 Å². The lowest BCUT2D eigenvalue weighted by Crippen LogP contribution is -2.14. The first kappa shape index (κ1) is 34.4. The van der Waals surface area contributed by atoms with Crippen molar-refractivity contribution in [3.8, 4) is 62.0 Å². The van der Waals surface area contributed by atoms with E-state index in [0.29, 0.717) is 5.82 Å². The van der Waals surface area contributed by atoms with Gasteiger partial charge < -0.3 is 4.57 Å². The normalized spacial score (nSPS) is 13.0. The fourth-order valence-electron chi connectivity index (χ4n) is 9.64. The third kappa shape index (κ3) is 5.27. The van der Waals surface area contributed by atoms with E-state index in [9.17, 15) is 0 Å². The van der Waals surface area contributed by atoms with Gasteiger partial charge in [-0.15, -0.1) is 0 Å². The summed E-state index contributed by atoms with van der Waals surface area (Å²) in [6.45, 7) is 4.71. The van der Waals surface area contributed by atoms with Crippen molar-refractivity contribution in [2.75, 3.05) is 0 Å². The molecule has 12 rings (SSSR count). The van der Waals surface area contributed by atoms with E-state index in [1.165, 1.54) is 49.3 Å². The third-order valence-corrected chi connectivity index (χ3v) is 12.6. The van der Waals surface area contributed by atoms with Crippen molar-refractivity contribution in [3.05, 3.63) is 205 Å². The molecule has 0 unspecified atom stereocenters. The molecule has 3 aromatic heterocycles. The smallest absolute Gasteiger partial charge is 0.160 e. The minimum atomic E-state index is -0.151. The van der Waals surface area contributed by atoms with Crippen LogP contribution in [-0.2, 0) is 5.41 Å². The second-order valence-electron chi connectivity index (χ2n) is 16.4. The lowest BCUT2D eigenvalue weighted by molar-refractivity contribution is 0.661. The molecule has 0 bridgehead atoms. The van der Waals surface area contributed by atoms with Crippen molar-refractivity contribution in [2.45, 2.75) is 19.3 Å². The predicted molar refractivity (Wildman–Crippen MR) is 248 cm³/mol. The molecule has 60 heavy (non-hydrogen) atoms. The standard InChI is InChI=1S/C56H38N4/c1-56(2)47-26-13-11-23-41(47)44-32-46-45-31-37(54-43-25-10-9-22-40(43)42-24-12-14-27-49(42)57-54)28-29-52(45)60(53(46)33-48(44)56)39-21-15-20-38(30-39)55-58-50(35-16-5-3-6-17-35)34-51(59-55)36-18-7-4-8-19-36/h3-34H,1-2H3. The fraction of sp³-hybridized carbons (Fsp3) is 0.0536. The zero-order chi connectivity index (χ0) is 40.0. The van der Waals surface area contributed by atoms with E-state index in [1.54, 1.807) is 0 Å². The molecule has 0 aliphatic heterocycles. The van der Waals surface area contributed by atoms with Gasteiger partial charge in [0, 0.05) is 54.9 Å². The first-order valence-corrected chi connectivity index (χ1v) is 20.6. The van der Waals surface area contributed by atoms with Gasteiger partial charge in [0.15, 0.2) is 5.82 Å². The number of nitrogens with zero attached hydrogens (tertiary/aromatic N) is 4. The topological polar surface area (TPSA) is 43.6 Å². The first-order valence-electron chi connectivity index (χ1n) is 20.6. The second-order valence-corrected chi connectivity index (χ2v) is 16.4. The van der Waals surface area contributed by atoms with Crippen LogP contribution in [0.4, 0.5) is 0 Å². The molecule has 11 aromatic rings. The monoisotopic (exact) mass is 766 g/mol. The quantitative estimate of drug-likeness (QED) is 0.164. The highest BCUT2D eigenvalue weighted by Crippen LogP contribution is 2.51. The molecule has 0 saturated carbocycles. The summed E-state index contributed by atoms with van der Waals surface area (Å²) in [7, 11) is 0. The van der Waals surface area contributed by atoms with Gasteiger partial charge in [0.1, 0.15) is 0 Å². The van der Waals surface area contributed by atoms with Crippen LogP contribution in [0.15, 0.2) is 194 Å². The lowest BCUT2D eigenvalue weighted by Gasteiger charge is -2.21. The van der Waals surface area contributed by atoms with Crippen molar-refractivity contribution in [1.29, 1.82) is 0 Å². The van der Waals surface area contributed by atoms with Gasteiger partial charge >= 0.3 is 0 Å². The number of fused-ring (bicyclic) bond motifs is 9. The molecule has 1 aliphatic rings. The van der Waals surface area contributed by atoms with Crippen LogP contribution in [-0.4, -0.2) is 19.5 Å². The van der Waals surface area contributed by atoms with Crippen LogP contribution in [0.1, 0.15) is 25.0 Å². The van der Waals surface area contributed by atoms with E-state index in [-0.39, 0.29) is 5.41 Å². The molecule has 4 heteroatoms. The number of hydrogen-bond donors (Lipinski definition) is 0. The summed E-state index contributed by atoms with van der Waals surface area (Å²) >= 11 is 0. The van der Waals surface area contributed by atoms with Crippen molar-refractivity contribution in [2.24, 2.45) is 0 Å². The lowest BCUT2D eigenvalue weighted by atomic mass is 9.82. The van der Waals surface area contributed by atoms with Crippen LogP contribution in [0.5, 0.6) is 0 Å². The molecular weight excluding hydrogens is 729 g/mol. The van der Waals surface area contributed by atoms with E-state index >= 15 is 0 Å². The van der Waals surface area contributed by atoms with E-state index in [4.69, 9.17) is 15.0 Å². The Morgan fingerprint density at radius 3 is 1.78 bits per heavy atom. The zero-order valence-corrected chi connectivity index (χ0v) is 33.3. The van der Waals surface area contributed by atoms with Crippen LogP contribution < -0.4 is 0 Å². The van der Waals surface area contributed by atoms with E-state index < -0.39 is 0 Å². The van der Waals surface area contributed by atoms with Gasteiger partial charge in [-0.3, -0.25) is 0 Å². The Morgan fingerprint density at radius 1 is 0.383 bits per heavy atom. The minimum Gasteiger partial charge on any atom is -0.309 e. The summed E-state index contributed by atoms with van der Waals surface area (Å²) in [5.41, 5.74) is 16.4. The fourth-order valence-corrected chi connectivity index (χ4v) is 9.64. The zero-order valence-electron chi connectivity index (χ0n) is 33.3. The van der Waals surface area contributed by atoms with E-state index in [0.717, 1.165) is 61.4 Å². The Balaban J connectivity index is 1.10. The highest BCUT2D eigenvalue weighted by Gasteiger charge is 2.36. The Labute approximate surface area is 348 Å². The Kier molecular flexibility index (Phi) is 7.54. The van der Waals surface area contributed by atoms with Gasteiger partial charge in [-0.1, -0.05) is 159 Å². The highest BCUT2D eigenvalue weighted by molar-refractivity contribution is 6.15. The molecule has 8 aromatic carbocycles. The molecule has 0 atom stereocenters. The Hall–Kier alpha value is -7.69. The molecule has 0 radical (unpaired) electrons. The van der Waals surface area contributed by atoms with Crippen LogP contribution in [0.25, 0.3) is 105 Å². The maximum absolute atomic E-state index is 5.31.